The zero-order valence-electron chi connectivity index (χ0n) is 11.3. The largest absolute Gasteiger partial charge is 0.392 e. The average molecular weight is 250 g/mol. The standard InChI is InChI=1S/C15H22O3/c1-8(2)11-6-12-9(3)4-14(18)15(12)10(7-16)5-13(11)17/h5-6,8-9,12,14-16,18H,4,7H2,1-3H3/t9-,12-,14+,15+/m1/s1. The highest BCUT2D eigenvalue weighted by Crippen LogP contribution is 2.44. The summed E-state index contributed by atoms with van der Waals surface area (Å²) in [6, 6.07) is 0. The molecule has 18 heavy (non-hydrogen) atoms. The number of carbonyl (C=O) groups excluding carboxylic acids is 1. The number of rotatable bonds is 2. The van der Waals surface area contributed by atoms with Crippen molar-refractivity contribution < 1.29 is 15.0 Å². The maximum Gasteiger partial charge on any atom is 0.181 e. The summed E-state index contributed by atoms with van der Waals surface area (Å²) in [7, 11) is 0. The Morgan fingerprint density at radius 1 is 1.44 bits per heavy atom. The molecule has 2 aliphatic rings. The van der Waals surface area contributed by atoms with Crippen LogP contribution in [0.15, 0.2) is 23.3 Å². The Labute approximate surface area is 108 Å². The van der Waals surface area contributed by atoms with Crippen molar-refractivity contribution in [2.75, 3.05) is 6.61 Å². The van der Waals surface area contributed by atoms with E-state index in [1.54, 1.807) is 0 Å². The second-order valence-electron chi connectivity index (χ2n) is 5.90. The molecule has 0 unspecified atom stereocenters. The van der Waals surface area contributed by atoms with Crippen LogP contribution in [0.2, 0.25) is 0 Å². The molecule has 4 atom stereocenters. The third-order valence-corrected chi connectivity index (χ3v) is 4.31. The molecule has 1 saturated carbocycles. The van der Waals surface area contributed by atoms with Gasteiger partial charge in [0.25, 0.3) is 0 Å². The molecule has 3 heteroatoms. The Bertz CT molecular complexity index is 406. The van der Waals surface area contributed by atoms with Gasteiger partial charge in [-0.15, -0.1) is 0 Å². The van der Waals surface area contributed by atoms with E-state index in [1.807, 2.05) is 19.9 Å². The van der Waals surface area contributed by atoms with E-state index in [1.165, 1.54) is 6.08 Å². The van der Waals surface area contributed by atoms with Crippen molar-refractivity contribution in [2.45, 2.75) is 33.3 Å². The van der Waals surface area contributed by atoms with Gasteiger partial charge in [-0.1, -0.05) is 26.8 Å². The van der Waals surface area contributed by atoms with Crippen LogP contribution in [0.25, 0.3) is 0 Å². The summed E-state index contributed by atoms with van der Waals surface area (Å²) < 4.78 is 0. The lowest BCUT2D eigenvalue weighted by molar-refractivity contribution is -0.111. The molecule has 0 bridgehead atoms. The molecule has 0 radical (unpaired) electrons. The number of hydrogen-bond acceptors (Lipinski definition) is 3. The van der Waals surface area contributed by atoms with Crippen LogP contribution < -0.4 is 0 Å². The van der Waals surface area contributed by atoms with Gasteiger partial charge in [0.05, 0.1) is 12.7 Å². The van der Waals surface area contributed by atoms with Gasteiger partial charge in [-0.25, -0.2) is 0 Å². The second kappa shape index (κ2) is 4.98. The van der Waals surface area contributed by atoms with Gasteiger partial charge in [0.1, 0.15) is 0 Å². The normalized spacial score (nSPS) is 36.2. The molecule has 100 valence electrons. The third kappa shape index (κ3) is 2.17. The lowest BCUT2D eigenvalue weighted by Crippen LogP contribution is -2.22. The molecule has 3 nitrogen and oxygen atoms in total. The van der Waals surface area contributed by atoms with Gasteiger partial charge >= 0.3 is 0 Å². The maximum atomic E-state index is 12.1. The van der Waals surface area contributed by atoms with E-state index >= 15 is 0 Å². The van der Waals surface area contributed by atoms with E-state index in [0.717, 1.165) is 12.0 Å². The van der Waals surface area contributed by atoms with Gasteiger partial charge < -0.3 is 10.2 Å². The van der Waals surface area contributed by atoms with Gasteiger partial charge in [-0.2, -0.15) is 0 Å². The number of ketones is 1. The predicted molar refractivity (Wildman–Crippen MR) is 69.9 cm³/mol. The van der Waals surface area contributed by atoms with Crippen molar-refractivity contribution in [3.8, 4) is 0 Å². The molecule has 0 saturated heterocycles. The highest BCUT2D eigenvalue weighted by Gasteiger charge is 2.42. The molecule has 0 aromatic rings. The summed E-state index contributed by atoms with van der Waals surface area (Å²) in [5, 5.41) is 19.6. The number of aliphatic hydroxyl groups is 2. The monoisotopic (exact) mass is 250 g/mol. The van der Waals surface area contributed by atoms with Crippen LogP contribution in [-0.2, 0) is 4.79 Å². The van der Waals surface area contributed by atoms with Crippen molar-refractivity contribution in [1.82, 2.24) is 0 Å². The summed E-state index contributed by atoms with van der Waals surface area (Å²) >= 11 is 0. The van der Waals surface area contributed by atoms with E-state index < -0.39 is 6.10 Å². The van der Waals surface area contributed by atoms with Crippen LogP contribution >= 0.6 is 0 Å². The minimum absolute atomic E-state index is 0.0112. The van der Waals surface area contributed by atoms with Gasteiger partial charge in [-0.05, 0) is 41.4 Å². The maximum absolute atomic E-state index is 12.1. The number of fused-ring (bicyclic) bond motifs is 1. The Balaban J connectivity index is 2.47. The zero-order valence-corrected chi connectivity index (χ0v) is 11.3. The topological polar surface area (TPSA) is 57.5 Å². The fourth-order valence-corrected chi connectivity index (χ4v) is 3.32. The highest BCUT2D eigenvalue weighted by molar-refractivity contribution is 6.05. The molecule has 1 fully saturated rings. The summed E-state index contributed by atoms with van der Waals surface area (Å²) in [5.74, 6) is 0.590. The molecule has 2 rings (SSSR count). The van der Waals surface area contributed by atoms with Crippen LogP contribution in [0.1, 0.15) is 27.2 Å². The lowest BCUT2D eigenvalue weighted by atomic mass is 9.84. The molecule has 0 amide bonds. The van der Waals surface area contributed by atoms with Crippen molar-refractivity contribution in [1.29, 1.82) is 0 Å². The molecule has 2 aliphatic carbocycles. The first-order chi connectivity index (χ1) is 8.45. The van der Waals surface area contributed by atoms with Crippen molar-refractivity contribution in [3.05, 3.63) is 23.3 Å². The molecule has 0 aromatic carbocycles. The summed E-state index contributed by atoms with van der Waals surface area (Å²) in [4.78, 5) is 12.1. The Morgan fingerprint density at radius 3 is 2.67 bits per heavy atom. The number of aliphatic hydroxyl groups excluding tert-OH is 2. The average Bonchev–Trinajstić information content (AvgIpc) is 2.48. The van der Waals surface area contributed by atoms with Crippen LogP contribution in [0.4, 0.5) is 0 Å². The Morgan fingerprint density at radius 2 is 2.11 bits per heavy atom. The van der Waals surface area contributed by atoms with Crippen LogP contribution in [0, 0.1) is 23.7 Å². The van der Waals surface area contributed by atoms with Gasteiger partial charge in [0.15, 0.2) is 5.78 Å². The highest BCUT2D eigenvalue weighted by atomic mass is 16.3. The fourth-order valence-electron chi connectivity index (χ4n) is 3.32. The second-order valence-corrected chi connectivity index (χ2v) is 5.90. The van der Waals surface area contributed by atoms with E-state index in [2.05, 4.69) is 6.92 Å². The van der Waals surface area contributed by atoms with Crippen molar-refractivity contribution in [2.24, 2.45) is 23.7 Å². The lowest BCUT2D eigenvalue weighted by Gasteiger charge is -2.22. The predicted octanol–water partition coefficient (Wildman–Crippen LogP) is 1.70. The van der Waals surface area contributed by atoms with E-state index in [-0.39, 0.29) is 30.1 Å². The van der Waals surface area contributed by atoms with Crippen LogP contribution in [0.5, 0.6) is 0 Å². The molecule has 0 heterocycles. The third-order valence-electron chi connectivity index (χ3n) is 4.31. The van der Waals surface area contributed by atoms with Gasteiger partial charge in [-0.3, -0.25) is 4.79 Å². The molecule has 0 aromatic heterocycles. The fraction of sp³-hybridized carbons (Fsp3) is 0.667. The van der Waals surface area contributed by atoms with Gasteiger partial charge in [0, 0.05) is 5.92 Å². The summed E-state index contributed by atoms with van der Waals surface area (Å²) in [5.41, 5.74) is 1.50. The summed E-state index contributed by atoms with van der Waals surface area (Å²) in [6.45, 7) is 5.97. The smallest absolute Gasteiger partial charge is 0.181 e. The van der Waals surface area contributed by atoms with E-state index in [0.29, 0.717) is 11.5 Å². The number of hydrogen-bond donors (Lipinski definition) is 2. The van der Waals surface area contributed by atoms with E-state index in [9.17, 15) is 15.0 Å². The Hall–Kier alpha value is -0.930. The first kappa shape index (κ1) is 13.5. The van der Waals surface area contributed by atoms with Crippen molar-refractivity contribution >= 4 is 5.78 Å². The van der Waals surface area contributed by atoms with Crippen molar-refractivity contribution in [3.63, 3.8) is 0 Å². The number of allylic oxidation sites excluding steroid dienone is 3. The minimum atomic E-state index is -0.445. The summed E-state index contributed by atoms with van der Waals surface area (Å²) in [6.07, 6.45) is 3.87. The van der Waals surface area contributed by atoms with Gasteiger partial charge in [0.2, 0.25) is 0 Å². The first-order valence-electron chi connectivity index (χ1n) is 6.71. The first-order valence-corrected chi connectivity index (χ1v) is 6.71. The quantitative estimate of drug-likeness (QED) is 0.784. The van der Waals surface area contributed by atoms with Crippen LogP contribution in [0.3, 0.4) is 0 Å². The Kier molecular flexibility index (Phi) is 3.74. The molecule has 0 aliphatic heterocycles. The molecule has 2 N–H and O–H groups in total. The molecular weight excluding hydrogens is 228 g/mol. The number of carbonyl (C=O) groups is 1. The van der Waals surface area contributed by atoms with Crippen LogP contribution in [-0.4, -0.2) is 28.7 Å². The molecular formula is C15H22O3. The molecule has 0 spiro atoms. The minimum Gasteiger partial charge on any atom is -0.392 e. The van der Waals surface area contributed by atoms with E-state index in [4.69, 9.17) is 0 Å². The zero-order chi connectivity index (χ0) is 13.4. The SMILES string of the molecule is CC(C)C1=C[C@H]2[C@H](C(CO)=CC1=O)[C@@H](O)C[C@H]2C.